The summed E-state index contributed by atoms with van der Waals surface area (Å²) in [6.45, 7) is 6.34. The van der Waals surface area contributed by atoms with Crippen LogP contribution in [0, 0.1) is 5.92 Å². The van der Waals surface area contributed by atoms with Crippen molar-refractivity contribution in [2.24, 2.45) is 11.7 Å². The summed E-state index contributed by atoms with van der Waals surface area (Å²) in [5, 5.41) is 2.73. The first kappa shape index (κ1) is 20.9. The van der Waals surface area contributed by atoms with Crippen LogP contribution in [0.3, 0.4) is 0 Å². The molecular formula is C14H24ClN3O3S. The van der Waals surface area contributed by atoms with Gasteiger partial charge in [-0.25, -0.2) is 13.1 Å². The van der Waals surface area contributed by atoms with Gasteiger partial charge < -0.3 is 11.1 Å². The maximum absolute atomic E-state index is 12.1. The Kier molecular flexibility index (Phi) is 8.62. The van der Waals surface area contributed by atoms with Crippen LogP contribution < -0.4 is 15.8 Å². The van der Waals surface area contributed by atoms with E-state index in [1.807, 2.05) is 6.92 Å². The highest BCUT2D eigenvalue weighted by Gasteiger charge is 2.17. The van der Waals surface area contributed by atoms with Crippen LogP contribution in [0.4, 0.5) is 0 Å². The van der Waals surface area contributed by atoms with Gasteiger partial charge >= 0.3 is 0 Å². The van der Waals surface area contributed by atoms with Crippen LogP contribution in [0.15, 0.2) is 29.2 Å². The largest absolute Gasteiger partial charge is 0.352 e. The van der Waals surface area contributed by atoms with E-state index in [4.69, 9.17) is 5.73 Å². The van der Waals surface area contributed by atoms with Crippen molar-refractivity contribution < 1.29 is 13.2 Å². The summed E-state index contributed by atoms with van der Waals surface area (Å²) in [5.41, 5.74) is 5.80. The van der Waals surface area contributed by atoms with Gasteiger partial charge in [0.25, 0.3) is 5.91 Å². The quantitative estimate of drug-likeness (QED) is 0.686. The van der Waals surface area contributed by atoms with Gasteiger partial charge in [0, 0.05) is 18.2 Å². The Morgan fingerprint density at radius 1 is 1.27 bits per heavy atom. The molecule has 0 spiro atoms. The Morgan fingerprint density at radius 3 is 2.45 bits per heavy atom. The van der Waals surface area contributed by atoms with Gasteiger partial charge in [0.15, 0.2) is 0 Å². The third kappa shape index (κ3) is 6.31. The molecular weight excluding hydrogens is 326 g/mol. The topological polar surface area (TPSA) is 101 Å². The second-order valence-electron chi connectivity index (χ2n) is 5.35. The van der Waals surface area contributed by atoms with E-state index in [0.717, 1.165) is 0 Å². The van der Waals surface area contributed by atoms with Crippen molar-refractivity contribution in [2.75, 3.05) is 13.1 Å². The molecule has 0 heterocycles. The monoisotopic (exact) mass is 349 g/mol. The van der Waals surface area contributed by atoms with Crippen molar-refractivity contribution in [3.8, 4) is 0 Å². The van der Waals surface area contributed by atoms with Gasteiger partial charge in [-0.2, -0.15) is 0 Å². The number of hydrogen-bond acceptors (Lipinski definition) is 4. The molecule has 1 unspecified atom stereocenters. The van der Waals surface area contributed by atoms with Gasteiger partial charge in [0.2, 0.25) is 10.0 Å². The Bertz CT molecular complexity index is 591. The first-order valence-corrected chi connectivity index (χ1v) is 8.35. The fourth-order valence-electron chi connectivity index (χ4n) is 1.64. The number of hydrogen-bond donors (Lipinski definition) is 3. The van der Waals surface area contributed by atoms with E-state index < -0.39 is 10.0 Å². The highest BCUT2D eigenvalue weighted by molar-refractivity contribution is 7.89. The summed E-state index contributed by atoms with van der Waals surface area (Å²) in [5.74, 6) is -0.139. The fourth-order valence-corrected chi connectivity index (χ4v) is 2.93. The Balaban J connectivity index is 0.00000441. The molecule has 1 aromatic rings. The molecule has 0 fully saturated rings. The average molecular weight is 350 g/mol. The van der Waals surface area contributed by atoms with E-state index in [1.165, 1.54) is 12.1 Å². The van der Waals surface area contributed by atoms with E-state index >= 15 is 0 Å². The molecule has 22 heavy (non-hydrogen) atoms. The van der Waals surface area contributed by atoms with Crippen molar-refractivity contribution >= 4 is 28.3 Å². The van der Waals surface area contributed by atoms with Crippen LogP contribution in [0.25, 0.3) is 0 Å². The molecule has 0 aliphatic heterocycles. The van der Waals surface area contributed by atoms with Crippen LogP contribution in [0.2, 0.25) is 0 Å². The average Bonchev–Trinajstić information content (AvgIpc) is 2.43. The number of carbonyl (C=O) groups excluding carboxylic acids is 1. The van der Waals surface area contributed by atoms with Crippen molar-refractivity contribution in [1.29, 1.82) is 0 Å². The summed E-state index contributed by atoms with van der Waals surface area (Å²) in [4.78, 5) is 12.1. The van der Waals surface area contributed by atoms with E-state index in [1.54, 1.807) is 26.0 Å². The lowest BCUT2D eigenvalue weighted by Gasteiger charge is -2.12. The first-order valence-electron chi connectivity index (χ1n) is 6.87. The van der Waals surface area contributed by atoms with Crippen molar-refractivity contribution in [1.82, 2.24) is 10.0 Å². The molecule has 0 saturated carbocycles. The van der Waals surface area contributed by atoms with Crippen LogP contribution in [0.5, 0.6) is 0 Å². The lowest BCUT2D eigenvalue weighted by Crippen LogP contribution is -2.32. The third-order valence-electron chi connectivity index (χ3n) is 2.81. The molecule has 1 amide bonds. The molecule has 0 aromatic heterocycles. The molecule has 0 radical (unpaired) electrons. The predicted octanol–water partition coefficient (Wildman–Crippen LogP) is 1.12. The summed E-state index contributed by atoms with van der Waals surface area (Å²) in [6, 6.07) is 5.75. The highest BCUT2D eigenvalue weighted by Crippen LogP contribution is 2.12. The minimum Gasteiger partial charge on any atom is -0.352 e. The molecule has 1 aromatic carbocycles. The number of halogens is 1. The molecule has 1 atom stereocenters. The number of sulfonamides is 1. The fraction of sp³-hybridized carbons (Fsp3) is 0.500. The Morgan fingerprint density at radius 2 is 1.91 bits per heavy atom. The summed E-state index contributed by atoms with van der Waals surface area (Å²) >= 11 is 0. The molecule has 0 saturated heterocycles. The van der Waals surface area contributed by atoms with E-state index in [-0.39, 0.29) is 35.2 Å². The number of benzene rings is 1. The molecule has 126 valence electrons. The van der Waals surface area contributed by atoms with Gasteiger partial charge in [-0.15, -0.1) is 12.4 Å². The van der Waals surface area contributed by atoms with E-state index in [9.17, 15) is 13.2 Å². The maximum atomic E-state index is 12.1. The van der Waals surface area contributed by atoms with E-state index in [0.29, 0.717) is 18.7 Å². The summed E-state index contributed by atoms with van der Waals surface area (Å²) in [7, 11) is -3.60. The zero-order valence-corrected chi connectivity index (χ0v) is 14.6. The van der Waals surface area contributed by atoms with Gasteiger partial charge in [-0.1, -0.05) is 13.0 Å². The lowest BCUT2D eigenvalue weighted by atomic mass is 10.1. The zero-order chi connectivity index (χ0) is 16.0. The van der Waals surface area contributed by atoms with Crippen molar-refractivity contribution in [2.45, 2.75) is 31.7 Å². The van der Waals surface area contributed by atoms with Crippen LogP contribution in [-0.4, -0.2) is 33.5 Å². The lowest BCUT2D eigenvalue weighted by molar-refractivity contribution is 0.0948. The van der Waals surface area contributed by atoms with Crippen LogP contribution in [0.1, 0.15) is 31.1 Å². The van der Waals surface area contributed by atoms with Crippen LogP contribution >= 0.6 is 12.4 Å². The SMILES string of the molecule is CC(CN)CNC(=O)c1cccc(S(=O)(=O)NC(C)C)c1.Cl. The predicted molar refractivity (Wildman–Crippen MR) is 89.7 cm³/mol. The third-order valence-corrected chi connectivity index (χ3v) is 4.47. The molecule has 0 aliphatic rings. The molecule has 0 bridgehead atoms. The molecule has 0 aliphatic carbocycles. The molecule has 4 N–H and O–H groups in total. The van der Waals surface area contributed by atoms with Crippen molar-refractivity contribution in [3.63, 3.8) is 0 Å². The Labute approximate surface area is 138 Å². The number of amides is 1. The van der Waals surface area contributed by atoms with Gasteiger partial charge in [-0.3, -0.25) is 4.79 Å². The van der Waals surface area contributed by atoms with E-state index in [2.05, 4.69) is 10.0 Å². The highest BCUT2D eigenvalue weighted by atomic mass is 35.5. The smallest absolute Gasteiger partial charge is 0.251 e. The number of nitrogens with two attached hydrogens (primary N) is 1. The number of carbonyl (C=O) groups is 1. The zero-order valence-electron chi connectivity index (χ0n) is 13.0. The van der Waals surface area contributed by atoms with Gasteiger partial charge in [-0.05, 0) is 44.5 Å². The first-order chi connectivity index (χ1) is 9.76. The minimum absolute atomic E-state index is 0. The van der Waals surface area contributed by atoms with Gasteiger partial charge in [0.05, 0.1) is 4.90 Å². The summed E-state index contributed by atoms with van der Waals surface area (Å²) in [6.07, 6.45) is 0. The number of nitrogens with one attached hydrogen (secondary N) is 2. The second-order valence-corrected chi connectivity index (χ2v) is 7.07. The van der Waals surface area contributed by atoms with Gasteiger partial charge in [0.1, 0.15) is 0 Å². The molecule has 6 nitrogen and oxygen atoms in total. The normalized spacial score (nSPS) is 12.6. The number of rotatable bonds is 7. The standard InChI is InChI=1S/C14H23N3O3S.ClH/c1-10(2)17-21(19,20)13-6-4-5-12(7-13)14(18)16-9-11(3)8-15;/h4-7,10-11,17H,8-9,15H2,1-3H3,(H,16,18);1H. The molecule has 1 rings (SSSR count). The molecule has 8 heteroatoms. The maximum Gasteiger partial charge on any atom is 0.251 e. The van der Waals surface area contributed by atoms with Crippen molar-refractivity contribution in [3.05, 3.63) is 29.8 Å². The summed E-state index contributed by atoms with van der Waals surface area (Å²) < 4.78 is 26.6. The van der Waals surface area contributed by atoms with Crippen LogP contribution in [-0.2, 0) is 10.0 Å². The Hall–Kier alpha value is -1.15. The second kappa shape index (κ2) is 9.09. The minimum atomic E-state index is -3.60.